The van der Waals surface area contributed by atoms with Gasteiger partial charge in [0.15, 0.2) is 0 Å². The highest BCUT2D eigenvalue weighted by atomic mass is 16.4. The van der Waals surface area contributed by atoms with E-state index in [1.54, 1.807) is 18.2 Å². The van der Waals surface area contributed by atoms with Crippen LogP contribution in [0.25, 0.3) is 11.0 Å². The largest absolute Gasteiger partial charge is 0.480 e. The van der Waals surface area contributed by atoms with E-state index >= 15 is 0 Å². The van der Waals surface area contributed by atoms with Gasteiger partial charge in [0.2, 0.25) is 0 Å². The van der Waals surface area contributed by atoms with Crippen LogP contribution >= 0.6 is 0 Å². The number of carbonyl (C=O) groups excluding carboxylic acids is 1. The van der Waals surface area contributed by atoms with Crippen molar-refractivity contribution in [3.05, 3.63) is 35.2 Å². The number of aryl methyl sites for hydroxylation is 2. The van der Waals surface area contributed by atoms with Gasteiger partial charge in [-0.25, -0.2) is 14.8 Å². The van der Waals surface area contributed by atoms with Crippen molar-refractivity contribution in [3.8, 4) is 0 Å². The number of hydrogen-bond donors (Lipinski definition) is 2. The van der Waals surface area contributed by atoms with E-state index in [9.17, 15) is 14.7 Å². The van der Waals surface area contributed by atoms with Crippen LogP contribution in [0.15, 0.2) is 18.2 Å². The molecule has 2 N–H and O–H groups in total. The van der Waals surface area contributed by atoms with E-state index in [0.29, 0.717) is 23.9 Å². The van der Waals surface area contributed by atoms with Crippen LogP contribution in [-0.2, 0) is 4.79 Å². The van der Waals surface area contributed by atoms with E-state index in [1.165, 1.54) is 0 Å². The smallest absolute Gasteiger partial charge is 0.329 e. The summed E-state index contributed by atoms with van der Waals surface area (Å²) in [6, 6.07) is 5.08. The number of carbonyl (C=O) groups is 2. The number of aliphatic carboxylic acids is 1. The maximum Gasteiger partial charge on any atom is 0.329 e. The standard InChI is InChI=1S/C18H21N3O3/c1-11-12(2)20-15-10-13(6-7-14(15)19-11)16(22)21-18(17(23)24)8-4-3-5-9-18/h6-7,10H,3-5,8-9H2,1-2H3,(H,21,22)(H,23,24). The second-order valence-electron chi connectivity index (χ2n) is 6.50. The molecule has 0 radical (unpaired) electrons. The summed E-state index contributed by atoms with van der Waals surface area (Å²) in [4.78, 5) is 33.2. The first-order chi connectivity index (χ1) is 11.4. The van der Waals surface area contributed by atoms with Crippen LogP contribution in [-0.4, -0.2) is 32.5 Å². The first kappa shape index (κ1) is 16.4. The summed E-state index contributed by atoms with van der Waals surface area (Å²) >= 11 is 0. The van der Waals surface area contributed by atoms with Gasteiger partial charge < -0.3 is 10.4 Å². The summed E-state index contributed by atoms with van der Waals surface area (Å²) in [5.74, 6) is -1.33. The van der Waals surface area contributed by atoms with Gasteiger partial charge in [-0.15, -0.1) is 0 Å². The minimum atomic E-state index is -1.15. The number of benzene rings is 1. The number of carboxylic acid groups (broad SMARTS) is 1. The molecule has 1 saturated carbocycles. The summed E-state index contributed by atoms with van der Waals surface area (Å²) in [6.45, 7) is 3.76. The van der Waals surface area contributed by atoms with Crippen molar-refractivity contribution in [2.24, 2.45) is 0 Å². The molecule has 0 aliphatic heterocycles. The minimum Gasteiger partial charge on any atom is -0.480 e. The molecule has 0 atom stereocenters. The number of fused-ring (bicyclic) bond motifs is 1. The van der Waals surface area contributed by atoms with Crippen LogP contribution in [0.1, 0.15) is 53.8 Å². The topological polar surface area (TPSA) is 92.2 Å². The Morgan fingerprint density at radius 3 is 2.29 bits per heavy atom. The Labute approximate surface area is 140 Å². The molecule has 0 saturated heterocycles. The average molecular weight is 327 g/mol. The zero-order chi connectivity index (χ0) is 17.3. The monoisotopic (exact) mass is 327 g/mol. The van der Waals surface area contributed by atoms with Crippen molar-refractivity contribution in [2.75, 3.05) is 0 Å². The summed E-state index contributed by atoms with van der Waals surface area (Å²) in [5, 5.41) is 12.3. The third-order valence-electron chi connectivity index (χ3n) is 4.81. The number of amides is 1. The van der Waals surface area contributed by atoms with E-state index < -0.39 is 11.5 Å². The highest BCUT2D eigenvalue weighted by Gasteiger charge is 2.41. The predicted octanol–water partition coefficient (Wildman–Crippen LogP) is 2.76. The Bertz CT molecular complexity index is 811. The summed E-state index contributed by atoms with van der Waals surface area (Å²) in [6.07, 6.45) is 3.58. The SMILES string of the molecule is Cc1nc2ccc(C(=O)NC3(C(=O)O)CCCCC3)cc2nc1C. The maximum absolute atomic E-state index is 12.6. The second-order valence-corrected chi connectivity index (χ2v) is 6.50. The third kappa shape index (κ3) is 2.96. The van der Waals surface area contributed by atoms with Crippen LogP contribution in [0.4, 0.5) is 0 Å². The lowest BCUT2D eigenvalue weighted by molar-refractivity contribution is -0.145. The Balaban J connectivity index is 1.90. The minimum absolute atomic E-state index is 0.374. The number of hydrogen-bond acceptors (Lipinski definition) is 4. The van der Waals surface area contributed by atoms with Crippen LogP contribution in [0.2, 0.25) is 0 Å². The first-order valence-corrected chi connectivity index (χ1v) is 8.22. The lowest BCUT2D eigenvalue weighted by Crippen LogP contribution is -2.55. The molecule has 1 heterocycles. The zero-order valence-corrected chi connectivity index (χ0v) is 13.9. The van der Waals surface area contributed by atoms with Gasteiger partial charge in [0.1, 0.15) is 5.54 Å². The van der Waals surface area contributed by atoms with Crippen LogP contribution in [0.5, 0.6) is 0 Å². The van der Waals surface area contributed by atoms with Crippen molar-refractivity contribution >= 4 is 22.9 Å². The van der Waals surface area contributed by atoms with Gasteiger partial charge in [0.25, 0.3) is 5.91 Å². The van der Waals surface area contributed by atoms with E-state index in [-0.39, 0.29) is 5.91 Å². The molecule has 3 rings (SSSR count). The molecule has 2 aromatic rings. The number of rotatable bonds is 3. The summed E-state index contributed by atoms with van der Waals surface area (Å²) < 4.78 is 0. The molecule has 1 aromatic carbocycles. The Kier molecular flexibility index (Phi) is 4.22. The molecule has 0 bridgehead atoms. The zero-order valence-electron chi connectivity index (χ0n) is 13.9. The fourth-order valence-corrected chi connectivity index (χ4v) is 3.21. The van der Waals surface area contributed by atoms with Crippen molar-refractivity contribution in [1.82, 2.24) is 15.3 Å². The number of nitrogens with zero attached hydrogens (tertiary/aromatic N) is 2. The van der Waals surface area contributed by atoms with Gasteiger partial charge >= 0.3 is 5.97 Å². The Hall–Kier alpha value is -2.50. The van der Waals surface area contributed by atoms with E-state index in [0.717, 1.165) is 36.2 Å². The molecule has 0 unspecified atom stereocenters. The molecule has 1 aromatic heterocycles. The molecule has 6 heteroatoms. The quantitative estimate of drug-likeness (QED) is 0.904. The molecule has 1 amide bonds. The van der Waals surface area contributed by atoms with E-state index in [2.05, 4.69) is 15.3 Å². The molecule has 1 aliphatic carbocycles. The van der Waals surface area contributed by atoms with Gasteiger partial charge in [0, 0.05) is 5.56 Å². The molecule has 1 aliphatic rings. The molecule has 0 spiro atoms. The highest BCUT2D eigenvalue weighted by Crippen LogP contribution is 2.29. The lowest BCUT2D eigenvalue weighted by Gasteiger charge is -2.34. The predicted molar refractivity (Wildman–Crippen MR) is 89.9 cm³/mol. The van der Waals surface area contributed by atoms with Crippen molar-refractivity contribution in [2.45, 2.75) is 51.5 Å². The Morgan fingerprint density at radius 1 is 1.04 bits per heavy atom. The fourth-order valence-electron chi connectivity index (χ4n) is 3.21. The molecular weight excluding hydrogens is 306 g/mol. The van der Waals surface area contributed by atoms with Gasteiger partial charge in [0.05, 0.1) is 22.4 Å². The number of carboxylic acids is 1. The van der Waals surface area contributed by atoms with Crippen molar-refractivity contribution < 1.29 is 14.7 Å². The van der Waals surface area contributed by atoms with Gasteiger partial charge in [-0.2, -0.15) is 0 Å². The summed E-state index contributed by atoms with van der Waals surface area (Å²) in [5.41, 5.74) is 2.28. The number of aromatic nitrogens is 2. The molecule has 24 heavy (non-hydrogen) atoms. The van der Waals surface area contributed by atoms with Crippen LogP contribution < -0.4 is 5.32 Å². The van der Waals surface area contributed by atoms with Crippen LogP contribution in [0, 0.1) is 13.8 Å². The first-order valence-electron chi connectivity index (χ1n) is 8.22. The molecule has 1 fully saturated rings. The Morgan fingerprint density at radius 2 is 1.67 bits per heavy atom. The van der Waals surface area contributed by atoms with Gasteiger partial charge in [-0.1, -0.05) is 19.3 Å². The summed E-state index contributed by atoms with van der Waals surface area (Å²) in [7, 11) is 0. The van der Waals surface area contributed by atoms with Gasteiger partial charge in [-0.05, 0) is 44.9 Å². The van der Waals surface area contributed by atoms with E-state index in [1.807, 2.05) is 13.8 Å². The molecular formula is C18H21N3O3. The maximum atomic E-state index is 12.6. The second kappa shape index (κ2) is 6.19. The van der Waals surface area contributed by atoms with Crippen molar-refractivity contribution in [1.29, 1.82) is 0 Å². The highest BCUT2D eigenvalue weighted by molar-refractivity contribution is 6.00. The van der Waals surface area contributed by atoms with Gasteiger partial charge in [-0.3, -0.25) is 4.79 Å². The van der Waals surface area contributed by atoms with Crippen LogP contribution in [0.3, 0.4) is 0 Å². The number of nitrogens with one attached hydrogen (secondary N) is 1. The lowest BCUT2D eigenvalue weighted by atomic mass is 9.81. The average Bonchev–Trinajstić information content (AvgIpc) is 2.56. The molecule has 6 nitrogen and oxygen atoms in total. The van der Waals surface area contributed by atoms with E-state index in [4.69, 9.17) is 0 Å². The third-order valence-corrected chi connectivity index (χ3v) is 4.81. The fraction of sp³-hybridized carbons (Fsp3) is 0.444. The molecule has 126 valence electrons. The normalized spacial score (nSPS) is 16.8. The van der Waals surface area contributed by atoms with Crippen molar-refractivity contribution in [3.63, 3.8) is 0 Å².